The molecule has 1 amide bonds. The number of carbonyl (C=O) groups excluding carboxylic acids is 1. The first kappa shape index (κ1) is 23.6. The average Bonchev–Trinajstić information content (AvgIpc) is 2.85. The molecule has 1 saturated heterocycles. The number of nitrogens with zero attached hydrogens (tertiary/aromatic N) is 2. The van der Waals surface area contributed by atoms with Gasteiger partial charge in [0.1, 0.15) is 18.1 Å². The highest BCUT2D eigenvalue weighted by Crippen LogP contribution is 2.27. The van der Waals surface area contributed by atoms with Gasteiger partial charge >= 0.3 is 0 Å². The number of carbonyl (C=O) groups is 1. The molecule has 33 heavy (non-hydrogen) atoms. The van der Waals surface area contributed by atoms with Crippen molar-refractivity contribution < 1.29 is 19.0 Å². The van der Waals surface area contributed by atoms with Crippen LogP contribution in [-0.4, -0.2) is 68.3 Å². The van der Waals surface area contributed by atoms with E-state index in [1.54, 1.807) is 14.2 Å². The van der Waals surface area contributed by atoms with E-state index in [2.05, 4.69) is 17.0 Å². The van der Waals surface area contributed by atoms with Crippen LogP contribution in [0.4, 0.5) is 0 Å². The second-order valence-corrected chi connectivity index (χ2v) is 8.98. The van der Waals surface area contributed by atoms with Crippen LogP contribution in [-0.2, 0) is 11.3 Å². The van der Waals surface area contributed by atoms with Crippen LogP contribution in [0.3, 0.4) is 0 Å². The minimum absolute atomic E-state index is 0.0870. The van der Waals surface area contributed by atoms with Gasteiger partial charge in [-0.25, -0.2) is 0 Å². The molecule has 0 unspecified atom stereocenters. The molecule has 1 fully saturated rings. The smallest absolute Gasteiger partial charge is 0.254 e. The second-order valence-electron chi connectivity index (χ2n) is 8.98. The highest BCUT2D eigenvalue weighted by molar-refractivity contribution is 5.95. The van der Waals surface area contributed by atoms with E-state index in [1.165, 1.54) is 5.56 Å². The van der Waals surface area contributed by atoms with Gasteiger partial charge in [-0.1, -0.05) is 24.6 Å². The summed E-state index contributed by atoms with van der Waals surface area (Å²) in [6.45, 7) is 4.04. The Hall–Kier alpha value is -2.57. The summed E-state index contributed by atoms with van der Waals surface area (Å²) in [5.74, 6) is 1.72. The van der Waals surface area contributed by atoms with Crippen LogP contribution in [0, 0.1) is 0 Å². The van der Waals surface area contributed by atoms with Gasteiger partial charge in [0.25, 0.3) is 5.91 Å². The predicted molar refractivity (Wildman–Crippen MR) is 129 cm³/mol. The molecule has 2 heterocycles. The molecule has 4 rings (SSSR count). The molecule has 2 aromatic rings. The lowest BCUT2D eigenvalue weighted by molar-refractivity contribution is -0.0156. The number of ether oxygens (including phenoxy) is 3. The maximum atomic E-state index is 13.4. The Labute approximate surface area is 197 Å². The molecule has 178 valence electrons. The van der Waals surface area contributed by atoms with Gasteiger partial charge < -0.3 is 19.1 Å². The van der Waals surface area contributed by atoms with Crippen molar-refractivity contribution >= 4 is 5.91 Å². The van der Waals surface area contributed by atoms with E-state index >= 15 is 0 Å². The molecule has 0 aromatic heterocycles. The van der Waals surface area contributed by atoms with E-state index < -0.39 is 0 Å². The fourth-order valence-corrected chi connectivity index (χ4v) is 5.06. The van der Waals surface area contributed by atoms with Gasteiger partial charge in [0, 0.05) is 32.3 Å². The first-order chi connectivity index (χ1) is 16.2. The number of fused-ring (bicyclic) bond motifs is 3. The van der Waals surface area contributed by atoms with E-state index in [9.17, 15) is 4.79 Å². The molecule has 6 heteroatoms. The topological polar surface area (TPSA) is 51.2 Å². The Morgan fingerprint density at radius 2 is 1.85 bits per heavy atom. The van der Waals surface area contributed by atoms with E-state index in [-0.39, 0.29) is 18.1 Å². The second kappa shape index (κ2) is 11.5. The van der Waals surface area contributed by atoms with Crippen molar-refractivity contribution in [3.63, 3.8) is 0 Å². The molecular weight excluding hydrogens is 416 g/mol. The van der Waals surface area contributed by atoms with E-state index in [1.807, 2.05) is 41.3 Å². The zero-order chi connectivity index (χ0) is 23.0. The van der Waals surface area contributed by atoms with Gasteiger partial charge in [0.2, 0.25) is 0 Å². The molecule has 2 aromatic carbocycles. The summed E-state index contributed by atoms with van der Waals surface area (Å²) in [6, 6.07) is 16.0. The monoisotopic (exact) mass is 452 g/mol. The Bertz CT molecular complexity index is 918. The Balaban J connectivity index is 1.53. The third-order valence-electron chi connectivity index (χ3n) is 6.80. The summed E-state index contributed by atoms with van der Waals surface area (Å²) < 4.78 is 17.3. The molecule has 2 aliphatic heterocycles. The quantitative estimate of drug-likeness (QED) is 0.689. The Kier molecular flexibility index (Phi) is 8.24. The van der Waals surface area contributed by atoms with Crippen molar-refractivity contribution in [1.82, 2.24) is 9.80 Å². The summed E-state index contributed by atoms with van der Waals surface area (Å²) in [6.07, 6.45) is 5.19. The Morgan fingerprint density at radius 3 is 2.70 bits per heavy atom. The number of rotatable bonds is 4. The van der Waals surface area contributed by atoms with E-state index in [0.29, 0.717) is 12.2 Å². The number of hydrogen-bond donors (Lipinski definition) is 0. The minimum atomic E-state index is 0.0870. The van der Waals surface area contributed by atoms with Crippen molar-refractivity contribution in [2.75, 3.05) is 40.5 Å². The first-order valence-electron chi connectivity index (χ1n) is 12.1. The van der Waals surface area contributed by atoms with Crippen molar-refractivity contribution in [1.29, 1.82) is 0 Å². The van der Waals surface area contributed by atoms with Crippen LogP contribution >= 0.6 is 0 Å². The molecular formula is C27H36N2O4. The Morgan fingerprint density at radius 1 is 0.970 bits per heavy atom. The summed E-state index contributed by atoms with van der Waals surface area (Å²) in [7, 11) is 3.48. The molecule has 2 bridgehead atoms. The summed E-state index contributed by atoms with van der Waals surface area (Å²) in [5.41, 5.74) is 1.93. The molecule has 0 aliphatic carbocycles. The van der Waals surface area contributed by atoms with Crippen molar-refractivity contribution in [3.05, 3.63) is 59.7 Å². The molecule has 6 nitrogen and oxygen atoms in total. The fraction of sp³-hybridized carbons (Fsp3) is 0.519. The molecule has 2 aliphatic rings. The average molecular weight is 453 g/mol. The number of hydrogen-bond acceptors (Lipinski definition) is 5. The lowest BCUT2D eigenvalue weighted by Crippen LogP contribution is -2.51. The van der Waals surface area contributed by atoms with Gasteiger partial charge in [-0.2, -0.15) is 0 Å². The zero-order valence-corrected chi connectivity index (χ0v) is 19.9. The molecule has 0 radical (unpaired) electrons. The number of benzene rings is 2. The van der Waals surface area contributed by atoms with Gasteiger partial charge in [-0.3, -0.25) is 9.69 Å². The number of methoxy groups -OCH3 is 2. The van der Waals surface area contributed by atoms with Crippen LogP contribution < -0.4 is 9.47 Å². The summed E-state index contributed by atoms with van der Waals surface area (Å²) >= 11 is 0. The van der Waals surface area contributed by atoms with Crippen LogP contribution in [0.25, 0.3) is 0 Å². The lowest BCUT2D eigenvalue weighted by atomic mass is 9.93. The zero-order valence-electron chi connectivity index (χ0n) is 19.9. The van der Waals surface area contributed by atoms with Crippen molar-refractivity contribution in [2.24, 2.45) is 0 Å². The van der Waals surface area contributed by atoms with Gasteiger partial charge in [-0.15, -0.1) is 0 Å². The summed E-state index contributed by atoms with van der Waals surface area (Å²) in [4.78, 5) is 17.9. The van der Waals surface area contributed by atoms with Gasteiger partial charge in [0.15, 0.2) is 0 Å². The van der Waals surface area contributed by atoms with Crippen LogP contribution in [0.1, 0.15) is 48.0 Å². The fourth-order valence-electron chi connectivity index (χ4n) is 5.06. The van der Waals surface area contributed by atoms with Gasteiger partial charge in [-0.05, 0) is 68.1 Å². The normalized spacial score (nSPS) is 22.7. The molecule has 0 N–H and O–H groups in total. The predicted octanol–water partition coefficient (Wildman–Crippen LogP) is 4.38. The number of amides is 1. The maximum absolute atomic E-state index is 13.4. The van der Waals surface area contributed by atoms with Crippen LogP contribution in [0.5, 0.6) is 11.5 Å². The third kappa shape index (κ3) is 6.06. The third-order valence-corrected chi connectivity index (χ3v) is 6.80. The van der Waals surface area contributed by atoms with Crippen molar-refractivity contribution in [2.45, 2.75) is 50.8 Å². The van der Waals surface area contributed by atoms with Crippen molar-refractivity contribution in [3.8, 4) is 11.5 Å². The maximum Gasteiger partial charge on any atom is 0.254 e. The first-order valence-corrected chi connectivity index (χ1v) is 12.1. The lowest BCUT2D eigenvalue weighted by Gasteiger charge is -2.41. The molecule has 2 atom stereocenters. The summed E-state index contributed by atoms with van der Waals surface area (Å²) in [5, 5.41) is 0. The molecule has 0 saturated carbocycles. The van der Waals surface area contributed by atoms with Crippen LogP contribution in [0.2, 0.25) is 0 Å². The number of piperidine rings is 1. The highest BCUT2D eigenvalue weighted by atomic mass is 16.5. The largest absolute Gasteiger partial charge is 0.497 e. The minimum Gasteiger partial charge on any atom is -0.497 e. The standard InChI is InChI=1S/C27H36N2O4/c1-31-23-10-5-8-21(18-23)20-28-14-4-3-12-25-26(32-2)13-7-15-29(25)27(30)22-9-6-11-24(19-22)33-17-16-28/h5-6,8-11,18-19,25-26H,3-4,7,12-17,20H2,1-2H3/t25-,26-/m0/s1. The van der Waals surface area contributed by atoms with Crippen LogP contribution in [0.15, 0.2) is 48.5 Å². The van der Waals surface area contributed by atoms with E-state index in [0.717, 1.165) is 69.8 Å². The van der Waals surface area contributed by atoms with Gasteiger partial charge in [0.05, 0.1) is 19.3 Å². The highest BCUT2D eigenvalue weighted by Gasteiger charge is 2.34. The molecule has 0 spiro atoms. The SMILES string of the molecule is COc1cccc(CN2CCCC[C@H]3[C@@H](OC)CCCN3C(=O)c3cccc(c3)OCC2)c1. The van der Waals surface area contributed by atoms with E-state index in [4.69, 9.17) is 14.2 Å².